The molecule has 0 spiro atoms. The fourth-order valence-electron chi connectivity index (χ4n) is 0. The van der Waals surface area contributed by atoms with Crippen molar-refractivity contribution in [3.8, 4) is 0 Å². The van der Waals surface area contributed by atoms with Crippen LogP contribution in [0, 0.1) is 0 Å². The fraction of sp³-hybridized carbons (Fsp3) is 0. The molecule has 0 N–H and O–H groups in total. The van der Waals surface area contributed by atoms with E-state index in [-0.39, 0.29) is 106 Å². The van der Waals surface area contributed by atoms with E-state index >= 15 is 0 Å². The monoisotopic (exact) mass is 482 g/mol. The Morgan fingerprint density at radius 2 is 0.667 bits per heavy atom. The van der Waals surface area contributed by atoms with Crippen LogP contribution in [-0.2, 0) is 6.64 Å². The topological polar surface area (TPSA) is 0 Å². The molecule has 0 bridgehead atoms. The van der Waals surface area contributed by atoms with Crippen molar-refractivity contribution in [2.45, 2.75) is 0 Å². The number of rotatable bonds is 0. The molecule has 0 heterocycles. The molecule has 0 aliphatic carbocycles. The fourth-order valence-corrected chi connectivity index (χ4v) is 0. The molecule has 0 rings (SSSR count). The summed E-state index contributed by atoms with van der Waals surface area (Å²) in [5.74, 6) is 0. The molecule has 0 aliphatic rings. The van der Waals surface area contributed by atoms with Crippen LogP contribution in [0.25, 0.3) is 0 Å². The summed E-state index contributed by atoms with van der Waals surface area (Å²) in [6.07, 6.45) is 0. The summed E-state index contributed by atoms with van der Waals surface area (Å²) in [7, 11) is 30.4. The largest absolute Gasteiger partial charge is 1.00 e. The Hall–Kier alpha value is 5.65. The van der Waals surface area contributed by atoms with Crippen molar-refractivity contribution >= 4 is 57.8 Å². The molecular weight excluding hydrogens is 481 g/mol. The second kappa shape index (κ2) is 5.12. The van der Waals surface area contributed by atoms with E-state index in [1.165, 1.54) is 0 Å². The third-order valence-electron chi connectivity index (χ3n) is 0. The molecule has 0 unspecified atom stereocenters. The first kappa shape index (κ1) is 20.1. The van der Waals surface area contributed by atoms with Gasteiger partial charge in [0.05, 0.1) is 0 Å². The second-order valence-corrected chi connectivity index (χ2v) is 55.8. The van der Waals surface area contributed by atoms with E-state index in [0.717, 1.165) is 0 Å². The van der Waals surface area contributed by atoms with Gasteiger partial charge in [-0.15, -0.1) is 0 Å². The van der Waals surface area contributed by atoms with Crippen molar-refractivity contribution in [1.29, 1.82) is 0 Å². The molecule has 0 aromatic heterocycles. The maximum atomic E-state index is 5.06. The Morgan fingerprint density at radius 3 is 0.667 bits per heavy atom. The molecule has 0 aliphatic heterocycles. The quantitative estimate of drug-likeness (QED) is 0.364. The summed E-state index contributed by atoms with van der Waals surface area (Å²) in [6, 6.07) is 0. The van der Waals surface area contributed by atoms with E-state index < -0.39 is 6.64 Å². The molecule has 9 heteroatoms. The molecule has 0 saturated carbocycles. The van der Waals surface area contributed by atoms with Crippen LogP contribution in [0.3, 0.4) is 0 Å². The Bertz CT molecular complexity index is 77.1. The molecule has 0 aromatic rings. The zero-order valence-electron chi connectivity index (χ0n) is 6.62. The first-order valence-electron chi connectivity index (χ1n) is 0.802. The van der Waals surface area contributed by atoms with Crippen molar-refractivity contribution in [2.75, 3.05) is 0 Å². The van der Waals surface area contributed by atoms with Crippen LogP contribution in [0.1, 0.15) is 2.85 Å². The van der Waals surface area contributed by atoms with Crippen molar-refractivity contribution in [3.05, 3.63) is 0 Å². The van der Waals surface area contributed by atoms with E-state index in [9.17, 15) is 0 Å². The van der Waals surface area contributed by atoms with Gasteiger partial charge in [-0.25, -0.2) is 0 Å². The summed E-state index contributed by atoms with van der Waals surface area (Å²) in [6.45, 7) is -5.38. The van der Waals surface area contributed by atoms with E-state index in [2.05, 4.69) is 0 Å². The average Bonchev–Trinajstić information content (AvgIpc) is 0.592. The first-order valence-corrected chi connectivity index (χ1v) is 19.7. The minimum Gasteiger partial charge on any atom is -1.00 e. The van der Waals surface area contributed by atoms with Crippen LogP contribution in [0.2, 0.25) is 0 Å². The van der Waals surface area contributed by atoms with Gasteiger partial charge in [-0.3, -0.25) is 0 Å². The Balaban J connectivity index is -0.0000000300. The van der Waals surface area contributed by atoms with E-state index in [0.29, 0.717) is 0 Å². The Morgan fingerprint density at radius 1 is 0.667 bits per heavy atom. The van der Waals surface area contributed by atoms with Gasteiger partial charge in [0.2, 0.25) is 0 Å². The zero-order chi connectivity index (χ0) is 6.41. The SMILES string of the molecule is [Cl][Os]([Cl])([Cl])([Cl])([Cl])[Cl].[H-].[H-].[K+].[K+]. The van der Waals surface area contributed by atoms with Crippen molar-refractivity contribution in [2.24, 2.45) is 0 Å². The van der Waals surface area contributed by atoms with Gasteiger partial charge in [-0.1, -0.05) is 0 Å². The van der Waals surface area contributed by atoms with E-state index in [4.69, 9.17) is 57.8 Å². The molecule has 54 valence electrons. The summed E-state index contributed by atoms with van der Waals surface area (Å²) in [5, 5.41) is 0. The van der Waals surface area contributed by atoms with Crippen molar-refractivity contribution in [3.63, 3.8) is 0 Å². The minimum absolute atomic E-state index is 0. The van der Waals surface area contributed by atoms with Crippen LogP contribution in [0.4, 0.5) is 0 Å². The molecular formula is H2Cl6K2Os. The van der Waals surface area contributed by atoms with Gasteiger partial charge in [0.15, 0.2) is 0 Å². The second-order valence-electron chi connectivity index (χ2n) is 0.758. The molecule has 0 aromatic carbocycles. The molecule has 0 saturated heterocycles. The standard InChI is InChI=1S/6ClH.2K.Os.2H/h6*1H;;;;;/q;;;;;;2*+1;+6;2*-1/p-6. The van der Waals surface area contributed by atoms with Crippen molar-refractivity contribution < 1.29 is 112 Å². The third kappa shape index (κ3) is 58.0. The Labute approximate surface area is 165 Å². The summed E-state index contributed by atoms with van der Waals surface area (Å²) in [5.41, 5.74) is 0. The van der Waals surface area contributed by atoms with Gasteiger partial charge in [0.25, 0.3) is 0 Å². The van der Waals surface area contributed by atoms with Crippen LogP contribution in [-0.4, -0.2) is 0 Å². The molecule has 0 nitrogen and oxygen atoms in total. The van der Waals surface area contributed by atoms with E-state index in [1.807, 2.05) is 0 Å². The zero-order valence-corrected chi connectivity index (χ0v) is 17.9. The van der Waals surface area contributed by atoms with Crippen LogP contribution >= 0.6 is 57.8 Å². The molecule has 9 heavy (non-hydrogen) atoms. The minimum atomic E-state index is -5.38. The summed E-state index contributed by atoms with van der Waals surface area (Å²) < 4.78 is 0. The van der Waals surface area contributed by atoms with Gasteiger partial charge >= 0.3 is 167 Å². The predicted molar refractivity (Wildman–Crippen MR) is 37.3 cm³/mol. The number of halogens is 6. The predicted octanol–water partition coefficient (Wildman–Crippen LogP) is -1.63. The number of hydrogen-bond donors (Lipinski definition) is 0. The van der Waals surface area contributed by atoms with Crippen molar-refractivity contribution in [1.82, 2.24) is 0 Å². The molecule has 0 amide bonds. The maximum Gasteiger partial charge on any atom is 1.00 e. The van der Waals surface area contributed by atoms with Gasteiger partial charge in [-0.05, 0) is 0 Å². The smallest absolute Gasteiger partial charge is 1.00 e. The Kier molecular flexibility index (Phi) is 11.4. The third-order valence-corrected chi connectivity index (χ3v) is 0. The average molecular weight is 483 g/mol. The molecule has 0 radical (unpaired) electrons. The molecule has 0 fully saturated rings. The maximum absolute atomic E-state index is 5.38. The molecule has 0 atom stereocenters. The van der Waals surface area contributed by atoms with Crippen LogP contribution in [0.15, 0.2) is 0 Å². The van der Waals surface area contributed by atoms with Gasteiger partial charge in [-0.2, -0.15) is 0 Å². The summed E-state index contributed by atoms with van der Waals surface area (Å²) >= 11 is 0. The van der Waals surface area contributed by atoms with Gasteiger partial charge in [0, 0.05) is 0 Å². The number of hydrogen-bond acceptors (Lipinski definition) is 0. The normalized spacial score (nSPS) is 18.0. The van der Waals surface area contributed by atoms with Gasteiger partial charge in [0.1, 0.15) is 0 Å². The summed E-state index contributed by atoms with van der Waals surface area (Å²) in [4.78, 5) is 0. The first-order chi connectivity index (χ1) is 2.45. The van der Waals surface area contributed by atoms with Crippen LogP contribution in [0.5, 0.6) is 0 Å². The van der Waals surface area contributed by atoms with Gasteiger partial charge < -0.3 is 2.85 Å². The van der Waals surface area contributed by atoms with E-state index in [1.54, 1.807) is 0 Å². The van der Waals surface area contributed by atoms with Crippen LogP contribution < -0.4 is 103 Å².